The number of ketones is 1. The lowest BCUT2D eigenvalue weighted by Crippen LogP contribution is -2.52. The van der Waals surface area contributed by atoms with E-state index in [0.29, 0.717) is 16.8 Å². The third-order valence-corrected chi connectivity index (χ3v) is 3.37. The molecule has 20 heavy (non-hydrogen) atoms. The first-order valence-electron chi connectivity index (χ1n) is 6.27. The van der Waals surface area contributed by atoms with Crippen LogP contribution in [-0.4, -0.2) is 29.5 Å². The minimum Gasteiger partial charge on any atom is -0.486 e. The van der Waals surface area contributed by atoms with Crippen molar-refractivity contribution in [1.82, 2.24) is 0 Å². The lowest BCUT2D eigenvalue weighted by Gasteiger charge is -2.34. The highest BCUT2D eigenvalue weighted by molar-refractivity contribution is 9.10. The fraction of sp³-hybridized carbons (Fsp3) is 0.462. The number of Topliss-reactive ketones (excluding diaryl/α,β-unsaturated/α-hetero) is 1. The summed E-state index contributed by atoms with van der Waals surface area (Å²) in [6, 6.07) is 4.36. The van der Waals surface area contributed by atoms with E-state index in [-0.39, 0.29) is 24.0 Å². The molecule has 1 aliphatic rings. The van der Waals surface area contributed by atoms with E-state index in [9.17, 15) is 14.9 Å². The first-order valence-corrected chi connectivity index (χ1v) is 7.06. The van der Waals surface area contributed by atoms with Crippen LogP contribution in [0.25, 0.3) is 0 Å². The van der Waals surface area contributed by atoms with Gasteiger partial charge in [0.05, 0.1) is 11.0 Å². The monoisotopic (exact) mass is 343 g/mol. The molecule has 0 saturated heterocycles. The maximum Gasteiger partial charge on any atom is 0.274 e. The minimum atomic E-state index is -0.562. The largest absolute Gasteiger partial charge is 0.486 e. The van der Waals surface area contributed by atoms with E-state index < -0.39 is 11.0 Å². The molecule has 0 N–H and O–H groups in total. The summed E-state index contributed by atoms with van der Waals surface area (Å²) in [5.74, 6) is 0.363. The van der Waals surface area contributed by atoms with E-state index >= 15 is 0 Å². The number of nitro groups is 1. The first-order chi connectivity index (χ1) is 9.51. The Bertz CT molecular complexity index is 533. The van der Waals surface area contributed by atoms with Gasteiger partial charge in [0.25, 0.3) is 5.69 Å². The molecule has 2 atom stereocenters. The second-order valence-electron chi connectivity index (χ2n) is 4.52. The first kappa shape index (κ1) is 14.9. The zero-order valence-corrected chi connectivity index (χ0v) is 12.5. The fourth-order valence-electron chi connectivity index (χ4n) is 1.91. The Balaban J connectivity index is 2.06. The quantitative estimate of drug-likeness (QED) is 0.586. The summed E-state index contributed by atoms with van der Waals surface area (Å²) in [5, 5.41) is 10.8. The molecule has 1 fully saturated rings. The second kappa shape index (κ2) is 6.32. The maximum absolute atomic E-state index is 11.5. The van der Waals surface area contributed by atoms with Crippen molar-refractivity contribution in [3.05, 3.63) is 32.8 Å². The van der Waals surface area contributed by atoms with E-state index in [1.165, 1.54) is 12.1 Å². The van der Waals surface area contributed by atoms with Crippen molar-refractivity contribution < 1.29 is 19.2 Å². The number of carbonyl (C=O) groups is 1. The lowest BCUT2D eigenvalue weighted by molar-refractivity contribution is -0.385. The van der Waals surface area contributed by atoms with Crippen LogP contribution in [0, 0.1) is 10.1 Å². The van der Waals surface area contributed by atoms with E-state index in [4.69, 9.17) is 9.47 Å². The van der Waals surface area contributed by atoms with Crippen LogP contribution in [0.5, 0.6) is 5.75 Å². The van der Waals surface area contributed by atoms with Crippen LogP contribution in [0.15, 0.2) is 22.7 Å². The predicted octanol–water partition coefficient (Wildman–Crippen LogP) is 2.87. The molecule has 0 aliphatic heterocycles. The summed E-state index contributed by atoms with van der Waals surface area (Å²) in [5.41, 5.74) is -0.0638. The highest BCUT2D eigenvalue weighted by Gasteiger charge is 2.42. The zero-order valence-electron chi connectivity index (χ0n) is 10.9. The van der Waals surface area contributed by atoms with Crippen molar-refractivity contribution in [2.75, 3.05) is 6.61 Å². The molecule has 0 heterocycles. The molecule has 6 nitrogen and oxygen atoms in total. The van der Waals surface area contributed by atoms with E-state index in [1.54, 1.807) is 6.07 Å². The summed E-state index contributed by atoms with van der Waals surface area (Å²) in [6.07, 6.45) is 0.157. The molecular weight excluding hydrogens is 330 g/mol. The maximum atomic E-state index is 11.5. The minimum absolute atomic E-state index is 0.00736. The lowest BCUT2D eigenvalue weighted by atomic mass is 9.90. The molecule has 0 aromatic heterocycles. The van der Waals surface area contributed by atoms with Gasteiger partial charge in [-0.15, -0.1) is 0 Å². The topological polar surface area (TPSA) is 78.7 Å². The van der Waals surface area contributed by atoms with Crippen LogP contribution in [-0.2, 0) is 9.53 Å². The molecule has 0 amide bonds. The van der Waals surface area contributed by atoms with Crippen molar-refractivity contribution in [1.29, 1.82) is 0 Å². The van der Waals surface area contributed by atoms with Gasteiger partial charge < -0.3 is 9.47 Å². The molecule has 2 rings (SSSR count). The van der Waals surface area contributed by atoms with Crippen molar-refractivity contribution in [2.24, 2.45) is 0 Å². The van der Waals surface area contributed by atoms with Gasteiger partial charge in [0.15, 0.2) is 11.9 Å². The van der Waals surface area contributed by atoms with Gasteiger partial charge in [0.1, 0.15) is 11.9 Å². The zero-order chi connectivity index (χ0) is 14.7. The van der Waals surface area contributed by atoms with Crippen LogP contribution >= 0.6 is 15.9 Å². The number of ether oxygens (including phenoxy) is 2. The molecule has 2 unspecified atom stereocenters. The van der Waals surface area contributed by atoms with Gasteiger partial charge in [0.2, 0.25) is 0 Å². The molecule has 108 valence electrons. The number of benzene rings is 1. The number of halogens is 1. The summed E-state index contributed by atoms with van der Waals surface area (Å²) in [7, 11) is 0. The molecule has 1 aromatic carbocycles. The summed E-state index contributed by atoms with van der Waals surface area (Å²) >= 11 is 3.20. The van der Waals surface area contributed by atoms with Crippen LogP contribution < -0.4 is 4.74 Å². The van der Waals surface area contributed by atoms with Gasteiger partial charge in [-0.1, -0.05) is 22.9 Å². The van der Waals surface area contributed by atoms with Crippen molar-refractivity contribution >= 4 is 27.4 Å². The molecule has 1 aromatic rings. The highest BCUT2D eigenvalue weighted by atomic mass is 79.9. The Hall–Kier alpha value is -1.47. The summed E-state index contributed by atoms with van der Waals surface area (Å²) < 4.78 is 11.6. The van der Waals surface area contributed by atoms with Gasteiger partial charge in [-0.05, 0) is 12.5 Å². The Kier molecular flexibility index (Phi) is 4.72. The van der Waals surface area contributed by atoms with Crippen molar-refractivity contribution in [3.63, 3.8) is 0 Å². The Morgan fingerprint density at radius 1 is 1.45 bits per heavy atom. The molecule has 0 radical (unpaired) electrons. The second-order valence-corrected chi connectivity index (χ2v) is 5.44. The standard InChI is InChI=1S/C13H14BrNO5/c1-2-3-19-13-11(16)7-12(13)20-10-5-8(14)4-9(6-10)15(17)18/h4-6,12-13H,2-3,7H2,1H3. The van der Waals surface area contributed by atoms with Crippen LogP contribution in [0.3, 0.4) is 0 Å². The molecule has 1 saturated carbocycles. The van der Waals surface area contributed by atoms with Gasteiger partial charge >= 0.3 is 0 Å². The Morgan fingerprint density at radius 3 is 2.80 bits per heavy atom. The number of hydrogen-bond donors (Lipinski definition) is 0. The van der Waals surface area contributed by atoms with Gasteiger partial charge in [-0.25, -0.2) is 0 Å². The summed E-state index contributed by atoms with van der Waals surface area (Å²) in [4.78, 5) is 21.7. The van der Waals surface area contributed by atoms with Crippen LogP contribution in [0.1, 0.15) is 19.8 Å². The number of nitro benzene ring substituents is 1. The number of nitrogens with zero attached hydrogens (tertiary/aromatic N) is 1. The van der Waals surface area contributed by atoms with Gasteiger partial charge in [-0.2, -0.15) is 0 Å². The van der Waals surface area contributed by atoms with E-state index in [1.807, 2.05) is 6.92 Å². The normalized spacial score (nSPS) is 21.4. The van der Waals surface area contributed by atoms with Crippen molar-refractivity contribution in [2.45, 2.75) is 32.0 Å². The van der Waals surface area contributed by atoms with Crippen molar-refractivity contribution in [3.8, 4) is 5.75 Å². The van der Waals surface area contributed by atoms with Crippen LogP contribution in [0.2, 0.25) is 0 Å². The Labute approximate surface area is 124 Å². The Morgan fingerprint density at radius 2 is 2.20 bits per heavy atom. The molecule has 7 heteroatoms. The summed E-state index contributed by atoms with van der Waals surface area (Å²) in [6.45, 7) is 2.45. The average Bonchev–Trinajstić information content (AvgIpc) is 2.37. The number of non-ortho nitro benzene ring substituents is 1. The third-order valence-electron chi connectivity index (χ3n) is 2.91. The SMILES string of the molecule is CCCOC1C(=O)CC1Oc1cc(Br)cc([N+](=O)[O-])c1. The smallest absolute Gasteiger partial charge is 0.274 e. The predicted molar refractivity (Wildman–Crippen MR) is 74.9 cm³/mol. The van der Waals surface area contributed by atoms with E-state index in [0.717, 1.165) is 6.42 Å². The number of rotatable bonds is 6. The van der Waals surface area contributed by atoms with Gasteiger partial charge in [-0.3, -0.25) is 14.9 Å². The third kappa shape index (κ3) is 3.34. The molecule has 0 bridgehead atoms. The highest BCUT2D eigenvalue weighted by Crippen LogP contribution is 2.30. The molecule has 1 aliphatic carbocycles. The molecular formula is C13H14BrNO5. The van der Waals surface area contributed by atoms with E-state index in [2.05, 4.69) is 15.9 Å². The fourth-order valence-corrected chi connectivity index (χ4v) is 2.37. The number of carbonyl (C=O) groups excluding carboxylic acids is 1. The average molecular weight is 344 g/mol. The van der Waals surface area contributed by atoms with Gasteiger partial charge in [0, 0.05) is 23.6 Å². The molecule has 0 spiro atoms. The number of hydrogen-bond acceptors (Lipinski definition) is 5. The van der Waals surface area contributed by atoms with Crippen LogP contribution in [0.4, 0.5) is 5.69 Å².